The van der Waals surface area contributed by atoms with Gasteiger partial charge in [-0.05, 0) is 55.1 Å². The highest BCUT2D eigenvalue weighted by molar-refractivity contribution is 7.10. The minimum Gasteiger partial charge on any atom is -0.486 e. The summed E-state index contributed by atoms with van der Waals surface area (Å²) in [6.45, 7) is 5.55. The maximum atomic E-state index is 5.67. The van der Waals surface area contributed by atoms with Gasteiger partial charge < -0.3 is 14.8 Å². The molecule has 0 bridgehead atoms. The van der Waals surface area contributed by atoms with Gasteiger partial charge >= 0.3 is 0 Å². The van der Waals surface area contributed by atoms with E-state index in [1.807, 2.05) is 17.4 Å². The van der Waals surface area contributed by atoms with Crippen LogP contribution < -0.4 is 14.8 Å². The Balaban J connectivity index is 1.38. The van der Waals surface area contributed by atoms with Gasteiger partial charge in [0.1, 0.15) is 13.2 Å². The van der Waals surface area contributed by atoms with Crippen molar-refractivity contribution in [2.24, 2.45) is 0 Å². The number of benzene rings is 1. The molecule has 1 aromatic heterocycles. The highest BCUT2D eigenvalue weighted by atomic mass is 32.1. The molecule has 0 radical (unpaired) electrons. The van der Waals surface area contributed by atoms with E-state index < -0.39 is 0 Å². The first-order valence-corrected chi connectivity index (χ1v) is 9.65. The quantitative estimate of drug-likeness (QED) is 0.870. The average molecular weight is 344 g/mol. The van der Waals surface area contributed by atoms with Crippen LogP contribution in [0.1, 0.15) is 29.3 Å². The Labute approximate surface area is 147 Å². The van der Waals surface area contributed by atoms with Crippen LogP contribution in [0.4, 0.5) is 0 Å². The van der Waals surface area contributed by atoms with Crippen LogP contribution in [0.15, 0.2) is 35.7 Å². The summed E-state index contributed by atoms with van der Waals surface area (Å²) in [7, 11) is 0. The molecule has 1 aromatic carbocycles. The molecule has 1 saturated heterocycles. The lowest BCUT2D eigenvalue weighted by atomic mass is 10.1. The molecular weight excluding hydrogens is 320 g/mol. The molecular formula is C19H24N2O2S. The van der Waals surface area contributed by atoms with Crippen molar-refractivity contribution in [3.05, 3.63) is 46.2 Å². The van der Waals surface area contributed by atoms with Crippen LogP contribution in [-0.4, -0.2) is 37.7 Å². The maximum absolute atomic E-state index is 5.67. The SMILES string of the molecule is c1csc([C@@H](CNCc2ccc3c(c2)OCCO3)N2CCCC2)c1. The van der Waals surface area contributed by atoms with Gasteiger partial charge in [0.05, 0.1) is 6.04 Å². The number of nitrogens with one attached hydrogen (secondary N) is 1. The summed E-state index contributed by atoms with van der Waals surface area (Å²) in [5, 5.41) is 5.82. The van der Waals surface area contributed by atoms with Crippen LogP contribution in [0, 0.1) is 0 Å². The minimum absolute atomic E-state index is 0.490. The predicted molar refractivity (Wildman–Crippen MR) is 97.0 cm³/mol. The molecule has 128 valence electrons. The molecule has 1 N–H and O–H groups in total. The second-order valence-electron chi connectivity index (χ2n) is 6.38. The summed E-state index contributed by atoms with van der Waals surface area (Å²) in [6.07, 6.45) is 2.65. The van der Waals surface area contributed by atoms with Gasteiger partial charge in [-0.15, -0.1) is 11.3 Å². The van der Waals surface area contributed by atoms with Crippen molar-refractivity contribution < 1.29 is 9.47 Å². The summed E-state index contributed by atoms with van der Waals surface area (Å²) < 4.78 is 11.3. The largest absolute Gasteiger partial charge is 0.486 e. The zero-order valence-corrected chi connectivity index (χ0v) is 14.7. The summed E-state index contributed by atoms with van der Waals surface area (Å²) in [4.78, 5) is 4.08. The second kappa shape index (κ2) is 7.55. The van der Waals surface area contributed by atoms with Gasteiger partial charge in [0, 0.05) is 18.0 Å². The van der Waals surface area contributed by atoms with Crippen molar-refractivity contribution in [1.29, 1.82) is 0 Å². The summed E-state index contributed by atoms with van der Waals surface area (Å²) in [5.74, 6) is 1.73. The van der Waals surface area contributed by atoms with Gasteiger partial charge in [-0.25, -0.2) is 0 Å². The molecule has 24 heavy (non-hydrogen) atoms. The Morgan fingerprint density at radius 2 is 1.92 bits per heavy atom. The molecule has 2 aliphatic heterocycles. The maximum Gasteiger partial charge on any atom is 0.161 e. The monoisotopic (exact) mass is 344 g/mol. The predicted octanol–water partition coefficient (Wildman–Crippen LogP) is 3.45. The van der Waals surface area contributed by atoms with Gasteiger partial charge in [-0.2, -0.15) is 0 Å². The molecule has 0 spiro atoms. The molecule has 2 aliphatic rings. The number of likely N-dealkylation sites (tertiary alicyclic amines) is 1. The first kappa shape index (κ1) is 15.9. The lowest BCUT2D eigenvalue weighted by molar-refractivity contribution is 0.171. The van der Waals surface area contributed by atoms with E-state index in [2.05, 4.69) is 39.9 Å². The summed E-state index contributed by atoms with van der Waals surface area (Å²) in [6, 6.07) is 11.1. The van der Waals surface area contributed by atoms with Crippen LogP contribution in [0.2, 0.25) is 0 Å². The molecule has 0 saturated carbocycles. The third-order valence-electron chi connectivity index (χ3n) is 4.73. The van der Waals surface area contributed by atoms with Crippen molar-refractivity contribution >= 4 is 11.3 Å². The van der Waals surface area contributed by atoms with Gasteiger partial charge in [-0.3, -0.25) is 4.90 Å². The van der Waals surface area contributed by atoms with Gasteiger partial charge in [0.15, 0.2) is 11.5 Å². The van der Waals surface area contributed by atoms with Crippen molar-refractivity contribution in [3.63, 3.8) is 0 Å². The molecule has 4 rings (SSSR count). The van der Waals surface area contributed by atoms with Gasteiger partial charge in [0.25, 0.3) is 0 Å². The van der Waals surface area contributed by atoms with Crippen molar-refractivity contribution in [1.82, 2.24) is 10.2 Å². The molecule has 2 aromatic rings. The summed E-state index contributed by atoms with van der Waals surface area (Å²) in [5.41, 5.74) is 1.24. The second-order valence-corrected chi connectivity index (χ2v) is 7.36. The number of thiophene rings is 1. The van der Waals surface area contributed by atoms with Gasteiger partial charge in [0.2, 0.25) is 0 Å². The first-order chi connectivity index (χ1) is 11.9. The molecule has 1 fully saturated rings. The number of fused-ring (bicyclic) bond motifs is 1. The fourth-order valence-electron chi connectivity index (χ4n) is 3.49. The fourth-order valence-corrected chi connectivity index (χ4v) is 4.36. The Kier molecular flexibility index (Phi) is 5.02. The molecule has 5 heteroatoms. The van der Waals surface area contributed by atoms with E-state index in [0.717, 1.165) is 24.6 Å². The van der Waals surface area contributed by atoms with E-state index >= 15 is 0 Å². The zero-order valence-electron chi connectivity index (χ0n) is 13.9. The lowest BCUT2D eigenvalue weighted by Gasteiger charge is -2.27. The topological polar surface area (TPSA) is 33.7 Å². The van der Waals surface area contributed by atoms with Crippen LogP contribution in [-0.2, 0) is 6.54 Å². The Morgan fingerprint density at radius 3 is 2.71 bits per heavy atom. The van der Waals surface area contributed by atoms with E-state index in [-0.39, 0.29) is 0 Å². The number of ether oxygens (including phenoxy) is 2. The van der Waals surface area contributed by atoms with Crippen molar-refractivity contribution in [3.8, 4) is 11.5 Å². The molecule has 1 atom stereocenters. The van der Waals surface area contributed by atoms with Crippen LogP contribution in [0.3, 0.4) is 0 Å². The smallest absolute Gasteiger partial charge is 0.161 e. The highest BCUT2D eigenvalue weighted by Crippen LogP contribution is 2.31. The van der Waals surface area contributed by atoms with E-state index in [1.54, 1.807) is 0 Å². The van der Waals surface area contributed by atoms with Crippen molar-refractivity contribution in [2.45, 2.75) is 25.4 Å². The van der Waals surface area contributed by atoms with E-state index in [4.69, 9.17) is 9.47 Å². The van der Waals surface area contributed by atoms with E-state index in [9.17, 15) is 0 Å². The normalized spacial score (nSPS) is 18.7. The molecule has 0 unspecified atom stereocenters. The highest BCUT2D eigenvalue weighted by Gasteiger charge is 2.23. The van der Waals surface area contributed by atoms with E-state index in [0.29, 0.717) is 19.3 Å². The fraction of sp³-hybridized carbons (Fsp3) is 0.474. The van der Waals surface area contributed by atoms with Crippen LogP contribution in [0.5, 0.6) is 11.5 Å². The lowest BCUT2D eigenvalue weighted by Crippen LogP contribution is -2.33. The zero-order chi connectivity index (χ0) is 16.2. The number of hydrogen-bond acceptors (Lipinski definition) is 5. The minimum atomic E-state index is 0.490. The van der Waals surface area contributed by atoms with Crippen molar-refractivity contribution in [2.75, 3.05) is 32.8 Å². The van der Waals surface area contributed by atoms with Gasteiger partial charge in [-0.1, -0.05) is 12.1 Å². The first-order valence-electron chi connectivity index (χ1n) is 8.77. The number of rotatable bonds is 6. The van der Waals surface area contributed by atoms with Crippen LogP contribution in [0.25, 0.3) is 0 Å². The third kappa shape index (κ3) is 3.58. The van der Waals surface area contributed by atoms with Crippen LogP contribution >= 0.6 is 11.3 Å². The number of nitrogens with zero attached hydrogens (tertiary/aromatic N) is 1. The average Bonchev–Trinajstić information content (AvgIpc) is 3.32. The molecule has 3 heterocycles. The Morgan fingerprint density at radius 1 is 1.08 bits per heavy atom. The van der Waals surface area contributed by atoms with E-state index in [1.165, 1.54) is 36.4 Å². The Bertz CT molecular complexity index is 653. The molecule has 4 nitrogen and oxygen atoms in total. The Hall–Kier alpha value is -1.56. The number of hydrogen-bond donors (Lipinski definition) is 1. The molecule has 0 amide bonds. The molecule has 0 aliphatic carbocycles. The standard InChI is InChI=1S/C19H24N2O2S/c1-2-8-21(7-1)16(19-4-3-11-24-19)14-20-13-15-5-6-17-18(12-15)23-10-9-22-17/h3-6,11-12,16,20H,1-2,7-10,13-14H2/t16-/m1/s1. The summed E-state index contributed by atoms with van der Waals surface area (Å²) >= 11 is 1.86. The third-order valence-corrected chi connectivity index (χ3v) is 5.70.